The third kappa shape index (κ3) is 4.18. The fraction of sp³-hybridized carbons (Fsp3) is 0.857. The Hall–Kier alpha value is -1.14. The molecule has 2 fully saturated rings. The van der Waals surface area contributed by atoms with Crippen LogP contribution >= 0.6 is 0 Å². The molecular formula is C14H25N3O3. The Morgan fingerprint density at radius 1 is 1.35 bits per heavy atom. The van der Waals surface area contributed by atoms with E-state index in [1.165, 1.54) is 19.3 Å². The van der Waals surface area contributed by atoms with Crippen LogP contribution in [0.2, 0.25) is 0 Å². The number of carbonyl (C=O) groups excluding carboxylic acids is 2. The first-order valence-electron chi connectivity index (χ1n) is 7.60. The minimum Gasteiger partial charge on any atom is -0.395 e. The molecule has 6 heteroatoms. The van der Waals surface area contributed by atoms with Crippen LogP contribution in [0, 0.1) is 0 Å². The zero-order valence-electron chi connectivity index (χ0n) is 12.0. The molecule has 1 saturated carbocycles. The highest BCUT2D eigenvalue weighted by molar-refractivity contribution is 5.86. The van der Waals surface area contributed by atoms with Crippen molar-refractivity contribution in [3.8, 4) is 0 Å². The molecule has 0 aromatic heterocycles. The van der Waals surface area contributed by atoms with Crippen LogP contribution in [-0.2, 0) is 9.59 Å². The number of hydrogen-bond donors (Lipinski definition) is 2. The quantitative estimate of drug-likeness (QED) is 0.718. The van der Waals surface area contributed by atoms with Gasteiger partial charge in [0, 0.05) is 25.7 Å². The van der Waals surface area contributed by atoms with Crippen LogP contribution in [0.1, 0.15) is 32.1 Å². The first kappa shape index (κ1) is 15.3. The molecule has 6 nitrogen and oxygen atoms in total. The van der Waals surface area contributed by atoms with E-state index in [1.54, 1.807) is 4.90 Å². The number of amides is 2. The maximum absolute atomic E-state index is 12.3. The normalized spacial score (nSPS) is 21.1. The van der Waals surface area contributed by atoms with Gasteiger partial charge in [0.05, 0.1) is 19.7 Å². The van der Waals surface area contributed by atoms with Gasteiger partial charge in [0.1, 0.15) is 0 Å². The average molecular weight is 283 g/mol. The number of nitrogens with one attached hydrogen (secondary N) is 1. The summed E-state index contributed by atoms with van der Waals surface area (Å²) in [6.45, 7) is 2.21. The van der Waals surface area contributed by atoms with E-state index in [2.05, 4.69) is 10.2 Å². The van der Waals surface area contributed by atoms with Gasteiger partial charge in [-0.15, -0.1) is 0 Å². The monoisotopic (exact) mass is 283 g/mol. The van der Waals surface area contributed by atoms with Crippen molar-refractivity contribution in [2.24, 2.45) is 0 Å². The van der Waals surface area contributed by atoms with Gasteiger partial charge in [0.25, 0.3) is 0 Å². The molecule has 0 aromatic carbocycles. The molecule has 2 aliphatic rings. The van der Waals surface area contributed by atoms with Crippen molar-refractivity contribution < 1.29 is 14.7 Å². The number of aliphatic hydroxyl groups is 1. The van der Waals surface area contributed by atoms with Gasteiger partial charge in [0.2, 0.25) is 11.8 Å². The SMILES string of the molecule is O=C1CN(C(=O)CN(CCO)C2CCCCC2)CCN1. The van der Waals surface area contributed by atoms with E-state index in [0.717, 1.165) is 12.8 Å². The number of carbonyl (C=O) groups is 2. The third-order valence-electron chi connectivity index (χ3n) is 4.21. The van der Waals surface area contributed by atoms with E-state index in [0.29, 0.717) is 32.2 Å². The van der Waals surface area contributed by atoms with Crippen LogP contribution in [0.25, 0.3) is 0 Å². The Morgan fingerprint density at radius 2 is 2.10 bits per heavy atom. The maximum atomic E-state index is 12.3. The van der Waals surface area contributed by atoms with E-state index in [4.69, 9.17) is 0 Å². The molecule has 0 bridgehead atoms. The molecule has 1 aliphatic heterocycles. The molecule has 0 unspecified atom stereocenters. The second-order valence-electron chi connectivity index (χ2n) is 5.65. The summed E-state index contributed by atoms with van der Waals surface area (Å²) < 4.78 is 0. The fourth-order valence-electron chi connectivity index (χ4n) is 3.09. The number of hydrogen-bond acceptors (Lipinski definition) is 4. The van der Waals surface area contributed by atoms with Gasteiger partial charge in [-0.3, -0.25) is 14.5 Å². The Kier molecular flexibility index (Phi) is 5.79. The van der Waals surface area contributed by atoms with Gasteiger partial charge in [-0.05, 0) is 12.8 Å². The lowest BCUT2D eigenvalue weighted by atomic mass is 9.94. The van der Waals surface area contributed by atoms with Gasteiger partial charge >= 0.3 is 0 Å². The molecule has 0 radical (unpaired) electrons. The molecule has 0 spiro atoms. The van der Waals surface area contributed by atoms with E-state index < -0.39 is 0 Å². The first-order valence-corrected chi connectivity index (χ1v) is 7.60. The average Bonchev–Trinajstić information content (AvgIpc) is 2.47. The van der Waals surface area contributed by atoms with E-state index >= 15 is 0 Å². The molecule has 2 N–H and O–H groups in total. The highest BCUT2D eigenvalue weighted by atomic mass is 16.3. The van der Waals surface area contributed by atoms with E-state index in [9.17, 15) is 14.7 Å². The number of nitrogens with zero attached hydrogens (tertiary/aromatic N) is 2. The molecule has 114 valence electrons. The highest BCUT2D eigenvalue weighted by Crippen LogP contribution is 2.22. The molecule has 20 heavy (non-hydrogen) atoms. The molecule has 1 heterocycles. The van der Waals surface area contributed by atoms with Crippen molar-refractivity contribution in [1.82, 2.24) is 15.1 Å². The second-order valence-corrected chi connectivity index (χ2v) is 5.65. The van der Waals surface area contributed by atoms with Gasteiger partial charge in [-0.2, -0.15) is 0 Å². The molecule has 2 rings (SSSR count). The Bertz CT molecular complexity index is 343. The van der Waals surface area contributed by atoms with Crippen LogP contribution in [0.5, 0.6) is 0 Å². The lowest BCUT2D eigenvalue weighted by molar-refractivity contribution is -0.139. The predicted octanol–water partition coefficient (Wildman–Crippen LogP) is -0.428. The molecule has 1 saturated heterocycles. The van der Waals surface area contributed by atoms with Crippen molar-refractivity contribution in [2.45, 2.75) is 38.1 Å². The predicted molar refractivity (Wildman–Crippen MR) is 75.1 cm³/mol. The minimum absolute atomic E-state index is 0.00104. The minimum atomic E-state index is -0.0871. The number of piperazine rings is 1. The van der Waals surface area contributed by atoms with Crippen LogP contribution in [0.3, 0.4) is 0 Å². The zero-order chi connectivity index (χ0) is 14.4. The number of aliphatic hydroxyl groups excluding tert-OH is 1. The van der Waals surface area contributed by atoms with Crippen LogP contribution in [-0.4, -0.2) is 72.1 Å². The zero-order valence-corrected chi connectivity index (χ0v) is 12.0. The lowest BCUT2D eigenvalue weighted by Gasteiger charge is -2.35. The van der Waals surface area contributed by atoms with Crippen molar-refractivity contribution in [3.05, 3.63) is 0 Å². The van der Waals surface area contributed by atoms with Crippen LogP contribution in [0.4, 0.5) is 0 Å². The van der Waals surface area contributed by atoms with Gasteiger partial charge in [0.15, 0.2) is 0 Å². The van der Waals surface area contributed by atoms with Crippen molar-refractivity contribution in [2.75, 3.05) is 39.3 Å². The lowest BCUT2D eigenvalue weighted by Crippen LogP contribution is -2.53. The van der Waals surface area contributed by atoms with E-state index in [1.807, 2.05) is 0 Å². The summed E-state index contributed by atoms with van der Waals surface area (Å²) >= 11 is 0. The summed E-state index contributed by atoms with van der Waals surface area (Å²) in [7, 11) is 0. The smallest absolute Gasteiger partial charge is 0.239 e. The molecule has 2 amide bonds. The summed E-state index contributed by atoms with van der Waals surface area (Å²) in [6, 6.07) is 0.401. The molecule has 0 atom stereocenters. The summed E-state index contributed by atoms with van der Waals surface area (Å²) in [4.78, 5) is 27.3. The Balaban J connectivity index is 1.89. The molecule has 1 aliphatic carbocycles. The molecule has 0 aromatic rings. The van der Waals surface area contributed by atoms with Crippen LogP contribution < -0.4 is 5.32 Å². The maximum Gasteiger partial charge on any atom is 0.239 e. The second kappa shape index (κ2) is 7.59. The largest absolute Gasteiger partial charge is 0.395 e. The summed E-state index contributed by atoms with van der Waals surface area (Å²) in [5.41, 5.74) is 0. The van der Waals surface area contributed by atoms with Gasteiger partial charge in [-0.1, -0.05) is 19.3 Å². The fourth-order valence-corrected chi connectivity index (χ4v) is 3.09. The Labute approximate surface area is 120 Å². The van der Waals surface area contributed by atoms with E-state index in [-0.39, 0.29) is 25.0 Å². The Morgan fingerprint density at radius 3 is 2.75 bits per heavy atom. The van der Waals surface area contributed by atoms with Gasteiger partial charge < -0.3 is 15.3 Å². The summed E-state index contributed by atoms with van der Waals surface area (Å²) in [5, 5.41) is 11.9. The topological polar surface area (TPSA) is 72.9 Å². The van der Waals surface area contributed by atoms with Crippen molar-refractivity contribution in [3.63, 3.8) is 0 Å². The number of rotatable bonds is 5. The summed E-state index contributed by atoms with van der Waals surface area (Å²) in [5.74, 6) is -0.0881. The highest BCUT2D eigenvalue weighted by Gasteiger charge is 2.26. The standard InChI is InChI=1S/C14H25N3O3/c18-9-8-16(12-4-2-1-3-5-12)11-14(20)17-7-6-15-13(19)10-17/h12,18H,1-11H2,(H,15,19). The van der Waals surface area contributed by atoms with Gasteiger partial charge in [-0.25, -0.2) is 0 Å². The molecular weight excluding hydrogens is 258 g/mol. The van der Waals surface area contributed by atoms with Crippen molar-refractivity contribution in [1.29, 1.82) is 0 Å². The third-order valence-corrected chi connectivity index (χ3v) is 4.21. The first-order chi connectivity index (χ1) is 9.70. The van der Waals surface area contributed by atoms with Crippen molar-refractivity contribution >= 4 is 11.8 Å². The van der Waals surface area contributed by atoms with Crippen LogP contribution in [0.15, 0.2) is 0 Å². The summed E-state index contributed by atoms with van der Waals surface area (Å²) in [6.07, 6.45) is 5.88.